The number of halogens is 2. The standard InChI is InChI=1S/C6H8F2O/c7-5-2-1-3-6(5,8)4-9/h4-5H,1-3H2. The van der Waals surface area contributed by atoms with Crippen molar-refractivity contribution in [2.45, 2.75) is 31.1 Å². The van der Waals surface area contributed by atoms with Crippen LogP contribution in [0.15, 0.2) is 0 Å². The topological polar surface area (TPSA) is 17.1 Å². The number of rotatable bonds is 1. The Kier molecular flexibility index (Phi) is 1.51. The number of hydrogen-bond donors (Lipinski definition) is 0. The van der Waals surface area contributed by atoms with Gasteiger partial charge in [0, 0.05) is 0 Å². The quantitative estimate of drug-likeness (QED) is 0.495. The SMILES string of the molecule is O=CC1(F)CCCC1F. The van der Waals surface area contributed by atoms with Crippen molar-refractivity contribution in [2.75, 3.05) is 0 Å². The van der Waals surface area contributed by atoms with Gasteiger partial charge >= 0.3 is 0 Å². The van der Waals surface area contributed by atoms with E-state index in [1.54, 1.807) is 0 Å². The first-order chi connectivity index (χ1) is 4.19. The lowest BCUT2D eigenvalue weighted by atomic mass is 10.1. The molecule has 0 amide bonds. The largest absolute Gasteiger partial charge is 0.300 e. The fourth-order valence-corrected chi connectivity index (χ4v) is 1.08. The van der Waals surface area contributed by atoms with E-state index in [-0.39, 0.29) is 19.1 Å². The van der Waals surface area contributed by atoms with Crippen LogP contribution in [-0.4, -0.2) is 18.1 Å². The van der Waals surface area contributed by atoms with Gasteiger partial charge < -0.3 is 0 Å². The minimum Gasteiger partial charge on any atom is -0.300 e. The fourth-order valence-electron chi connectivity index (χ4n) is 1.08. The zero-order valence-corrected chi connectivity index (χ0v) is 4.94. The molecule has 0 bridgehead atoms. The Morgan fingerprint density at radius 2 is 2.33 bits per heavy atom. The third-order valence-corrected chi connectivity index (χ3v) is 1.73. The monoisotopic (exact) mass is 134 g/mol. The summed E-state index contributed by atoms with van der Waals surface area (Å²) in [6, 6.07) is 0. The third kappa shape index (κ3) is 0.955. The van der Waals surface area contributed by atoms with E-state index in [1.165, 1.54) is 0 Å². The van der Waals surface area contributed by atoms with Crippen LogP contribution in [0, 0.1) is 0 Å². The van der Waals surface area contributed by atoms with Crippen LogP contribution in [0.4, 0.5) is 8.78 Å². The predicted octanol–water partition coefficient (Wildman–Crippen LogP) is 1.42. The number of hydrogen-bond acceptors (Lipinski definition) is 1. The minimum atomic E-state index is -2.15. The summed E-state index contributed by atoms with van der Waals surface area (Å²) in [6.07, 6.45) is -0.747. The van der Waals surface area contributed by atoms with Gasteiger partial charge in [-0.25, -0.2) is 8.78 Å². The van der Waals surface area contributed by atoms with Crippen LogP contribution >= 0.6 is 0 Å². The summed E-state index contributed by atoms with van der Waals surface area (Å²) in [7, 11) is 0. The van der Waals surface area contributed by atoms with Gasteiger partial charge in [-0.15, -0.1) is 0 Å². The Bertz CT molecular complexity index is 126. The maximum Gasteiger partial charge on any atom is 0.196 e. The first-order valence-electron chi connectivity index (χ1n) is 2.98. The van der Waals surface area contributed by atoms with E-state index in [9.17, 15) is 13.6 Å². The van der Waals surface area contributed by atoms with Crippen LogP contribution in [0.25, 0.3) is 0 Å². The van der Waals surface area contributed by atoms with Crippen molar-refractivity contribution in [3.8, 4) is 0 Å². The van der Waals surface area contributed by atoms with Crippen molar-refractivity contribution in [3.63, 3.8) is 0 Å². The fraction of sp³-hybridized carbons (Fsp3) is 0.833. The van der Waals surface area contributed by atoms with Gasteiger partial charge in [-0.05, 0) is 19.3 Å². The van der Waals surface area contributed by atoms with Crippen molar-refractivity contribution < 1.29 is 13.6 Å². The van der Waals surface area contributed by atoms with Crippen molar-refractivity contribution >= 4 is 6.29 Å². The van der Waals surface area contributed by atoms with Crippen LogP contribution in [-0.2, 0) is 4.79 Å². The van der Waals surface area contributed by atoms with Gasteiger partial charge in [-0.1, -0.05) is 0 Å². The van der Waals surface area contributed by atoms with E-state index < -0.39 is 11.8 Å². The molecule has 1 saturated carbocycles. The van der Waals surface area contributed by atoms with Crippen molar-refractivity contribution in [2.24, 2.45) is 0 Å². The summed E-state index contributed by atoms with van der Waals surface area (Å²) >= 11 is 0. The molecule has 0 aromatic heterocycles. The summed E-state index contributed by atoms with van der Waals surface area (Å²) in [4.78, 5) is 9.92. The molecule has 0 aromatic carbocycles. The third-order valence-electron chi connectivity index (χ3n) is 1.73. The van der Waals surface area contributed by atoms with Crippen LogP contribution in [0.2, 0.25) is 0 Å². The Morgan fingerprint density at radius 3 is 2.56 bits per heavy atom. The average Bonchev–Trinajstić information content (AvgIpc) is 2.15. The summed E-state index contributed by atoms with van der Waals surface area (Å²) in [5, 5.41) is 0. The molecule has 9 heavy (non-hydrogen) atoms. The molecule has 0 spiro atoms. The maximum absolute atomic E-state index is 12.7. The Hall–Kier alpha value is -0.470. The molecular weight excluding hydrogens is 126 g/mol. The Morgan fingerprint density at radius 1 is 1.67 bits per heavy atom. The molecule has 0 saturated heterocycles. The molecule has 1 aliphatic rings. The molecule has 1 rings (SSSR count). The Balaban J connectivity index is 2.66. The highest BCUT2D eigenvalue weighted by atomic mass is 19.2. The van der Waals surface area contributed by atoms with Gasteiger partial charge in [0.2, 0.25) is 0 Å². The average molecular weight is 134 g/mol. The highest BCUT2D eigenvalue weighted by Crippen LogP contribution is 2.34. The predicted molar refractivity (Wildman–Crippen MR) is 28.6 cm³/mol. The number of carbonyl (C=O) groups excluding carboxylic acids is 1. The van der Waals surface area contributed by atoms with E-state index in [2.05, 4.69) is 0 Å². The van der Waals surface area contributed by atoms with Crippen LogP contribution in [0.5, 0.6) is 0 Å². The highest BCUT2D eigenvalue weighted by molar-refractivity contribution is 5.64. The summed E-state index contributed by atoms with van der Waals surface area (Å²) in [5.41, 5.74) is -2.15. The van der Waals surface area contributed by atoms with E-state index in [4.69, 9.17) is 0 Å². The molecule has 1 fully saturated rings. The summed E-state index contributed by atoms with van der Waals surface area (Å²) < 4.78 is 25.1. The van der Waals surface area contributed by atoms with E-state index in [0.29, 0.717) is 6.42 Å². The van der Waals surface area contributed by atoms with Crippen molar-refractivity contribution in [3.05, 3.63) is 0 Å². The number of carbonyl (C=O) groups is 1. The second kappa shape index (κ2) is 2.05. The van der Waals surface area contributed by atoms with E-state index in [1.807, 2.05) is 0 Å². The van der Waals surface area contributed by atoms with Crippen molar-refractivity contribution in [1.82, 2.24) is 0 Å². The van der Waals surface area contributed by atoms with Gasteiger partial charge in [0.15, 0.2) is 12.0 Å². The summed E-state index contributed by atoms with van der Waals surface area (Å²) in [6.45, 7) is 0. The van der Waals surface area contributed by atoms with Gasteiger partial charge in [0.25, 0.3) is 0 Å². The van der Waals surface area contributed by atoms with Crippen LogP contribution in [0.3, 0.4) is 0 Å². The second-order valence-corrected chi connectivity index (χ2v) is 2.40. The van der Waals surface area contributed by atoms with Gasteiger partial charge in [0.05, 0.1) is 0 Å². The Labute approximate surface area is 52.1 Å². The van der Waals surface area contributed by atoms with Crippen LogP contribution < -0.4 is 0 Å². The van der Waals surface area contributed by atoms with Crippen LogP contribution in [0.1, 0.15) is 19.3 Å². The first kappa shape index (κ1) is 6.65. The molecule has 2 unspecified atom stereocenters. The lowest BCUT2D eigenvalue weighted by Crippen LogP contribution is -2.30. The minimum absolute atomic E-state index is 0.0532. The molecule has 0 aromatic rings. The molecule has 2 atom stereocenters. The highest BCUT2D eigenvalue weighted by Gasteiger charge is 2.43. The van der Waals surface area contributed by atoms with E-state index >= 15 is 0 Å². The number of aldehydes is 1. The van der Waals surface area contributed by atoms with Gasteiger partial charge in [-0.3, -0.25) is 4.79 Å². The molecule has 0 heterocycles. The normalized spacial score (nSPS) is 43.1. The first-order valence-corrected chi connectivity index (χ1v) is 2.98. The zero-order chi connectivity index (χ0) is 6.91. The number of alkyl halides is 2. The van der Waals surface area contributed by atoms with Gasteiger partial charge in [-0.2, -0.15) is 0 Å². The molecule has 3 heteroatoms. The van der Waals surface area contributed by atoms with Gasteiger partial charge in [0.1, 0.15) is 6.17 Å². The molecule has 52 valence electrons. The smallest absolute Gasteiger partial charge is 0.196 e. The summed E-state index contributed by atoms with van der Waals surface area (Å²) in [5.74, 6) is 0. The van der Waals surface area contributed by atoms with E-state index in [0.717, 1.165) is 0 Å². The molecule has 1 nitrogen and oxygen atoms in total. The molecule has 0 radical (unpaired) electrons. The second-order valence-electron chi connectivity index (χ2n) is 2.40. The molecule has 1 aliphatic carbocycles. The lowest BCUT2D eigenvalue weighted by molar-refractivity contribution is -0.120. The molecular formula is C6H8F2O. The zero-order valence-electron chi connectivity index (χ0n) is 4.94. The van der Waals surface area contributed by atoms with Crippen molar-refractivity contribution in [1.29, 1.82) is 0 Å². The molecule has 0 aliphatic heterocycles. The maximum atomic E-state index is 12.7. The lowest BCUT2D eigenvalue weighted by Gasteiger charge is -2.12. The molecule has 0 N–H and O–H groups in total.